The molecule has 1 aliphatic heterocycles. The van der Waals surface area contributed by atoms with Crippen molar-refractivity contribution in [2.75, 3.05) is 0 Å². The third-order valence-electron chi connectivity index (χ3n) is 4.97. The minimum absolute atomic E-state index is 0.0146. The van der Waals surface area contributed by atoms with Gasteiger partial charge in [-0.3, -0.25) is 9.36 Å². The van der Waals surface area contributed by atoms with Gasteiger partial charge < -0.3 is 15.9 Å². The zero-order valence-electron chi connectivity index (χ0n) is 16.0. The van der Waals surface area contributed by atoms with E-state index in [1.54, 1.807) is 24.3 Å². The molecule has 2 aromatic carbocycles. The van der Waals surface area contributed by atoms with E-state index in [0.29, 0.717) is 20.1 Å². The van der Waals surface area contributed by atoms with Gasteiger partial charge in [-0.25, -0.2) is 0 Å². The highest BCUT2D eigenvalue weighted by molar-refractivity contribution is 9.10. The summed E-state index contributed by atoms with van der Waals surface area (Å²) < 4.78 is 2.98. The van der Waals surface area contributed by atoms with Crippen LogP contribution < -0.4 is 20.5 Å². The number of nitriles is 2. The largest absolute Gasteiger partial charge is 0.508 e. The van der Waals surface area contributed by atoms with E-state index in [1.807, 2.05) is 6.07 Å². The van der Waals surface area contributed by atoms with Crippen LogP contribution in [0, 0.1) is 22.7 Å². The van der Waals surface area contributed by atoms with Crippen LogP contribution in [0.15, 0.2) is 55.7 Å². The number of benzene rings is 2. The molecule has 7 nitrogen and oxygen atoms in total. The second kappa shape index (κ2) is 8.32. The topological polar surface area (TPSA) is 136 Å². The fourth-order valence-electron chi connectivity index (χ4n) is 3.50. The van der Waals surface area contributed by atoms with Gasteiger partial charge in [0.25, 0.3) is 5.56 Å². The van der Waals surface area contributed by atoms with Gasteiger partial charge in [0.05, 0.1) is 33.7 Å². The molecule has 0 spiro atoms. The van der Waals surface area contributed by atoms with Crippen molar-refractivity contribution in [1.29, 1.82) is 10.5 Å². The van der Waals surface area contributed by atoms with Gasteiger partial charge in [0.2, 0.25) is 0 Å². The molecule has 4 N–H and O–H groups in total. The van der Waals surface area contributed by atoms with E-state index in [9.17, 15) is 25.5 Å². The van der Waals surface area contributed by atoms with E-state index in [1.165, 1.54) is 18.2 Å². The van der Waals surface area contributed by atoms with Crippen LogP contribution in [0.4, 0.5) is 0 Å². The standard InChI is InChI=1S/C22H12Br2N4O3S/c23-11-1-3-16(29)10(5-11)6-18-21(31)28-20(27)14(8-25)19(15(9-26)22(28)32-18)13-7-12(24)2-4-17(13)30/h1-7,19,29-30H,27H2. The number of aromatic nitrogens is 1. The third-order valence-corrected chi connectivity index (χ3v) is 7.06. The highest BCUT2D eigenvalue weighted by Gasteiger charge is 2.33. The van der Waals surface area contributed by atoms with Gasteiger partial charge in [0, 0.05) is 20.1 Å². The number of hydrogen-bond donors (Lipinski definition) is 3. The molecule has 3 aromatic rings. The smallest absolute Gasteiger partial charge is 0.274 e. The monoisotopic (exact) mass is 570 g/mol. The minimum Gasteiger partial charge on any atom is -0.508 e. The number of aromatic hydroxyl groups is 2. The maximum absolute atomic E-state index is 13.2. The fourth-order valence-corrected chi connectivity index (χ4v) is 5.38. The number of rotatable bonds is 2. The lowest BCUT2D eigenvalue weighted by Crippen LogP contribution is -2.38. The predicted molar refractivity (Wildman–Crippen MR) is 128 cm³/mol. The van der Waals surface area contributed by atoms with Crippen LogP contribution in [-0.2, 0) is 0 Å². The Kier molecular flexibility index (Phi) is 5.70. The number of halogens is 2. The Morgan fingerprint density at radius 3 is 2.31 bits per heavy atom. The van der Waals surface area contributed by atoms with Crippen molar-refractivity contribution in [1.82, 2.24) is 4.57 Å². The predicted octanol–water partition coefficient (Wildman–Crippen LogP) is 2.80. The number of hydrogen-bond acceptors (Lipinski definition) is 7. The quantitative estimate of drug-likeness (QED) is 0.433. The Hall–Kier alpha value is -3.31. The Morgan fingerprint density at radius 1 is 1.03 bits per heavy atom. The van der Waals surface area contributed by atoms with Crippen molar-refractivity contribution in [2.24, 2.45) is 5.73 Å². The summed E-state index contributed by atoms with van der Waals surface area (Å²) in [5, 5.41) is 40.4. The minimum atomic E-state index is -0.937. The van der Waals surface area contributed by atoms with E-state index >= 15 is 0 Å². The Bertz CT molecular complexity index is 1590. The summed E-state index contributed by atoms with van der Waals surface area (Å²) in [4.78, 5) is 13.2. The molecular weight excluding hydrogens is 560 g/mol. The molecule has 0 saturated heterocycles. The number of phenols is 2. The van der Waals surface area contributed by atoms with Crippen LogP contribution in [0.5, 0.6) is 11.5 Å². The molecule has 0 aliphatic carbocycles. The van der Waals surface area contributed by atoms with E-state index < -0.39 is 11.5 Å². The molecule has 0 saturated carbocycles. The maximum atomic E-state index is 13.2. The zero-order valence-corrected chi connectivity index (χ0v) is 20.0. The van der Waals surface area contributed by atoms with Crippen molar-refractivity contribution in [3.8, 4) is 23.6 Å². The summed E-state index contributed by atoms with van der Waals surface area (Å²) in [7, 11) is 0. The van der Waals surface area contributed by atoms with E-state index in [2.05, 4.69) is 37.9 Å². The third kappa shape index (κ3) is 3.53. The maximum Gasteiger partial charge on any atom is 0.274 e. The Morgan fingerprint density at radius 2 is 1.66 bits per heavy atom. The lowest BCUT2D eigenvalue weighted by molar-refractivity contribution is 0.467. The number of thiazole rings is 1. The molecule has 32 heavy (non-hydrogen) atoms. The molecule has 1 unspecified atom stereocenters. The van der Waals surface area contributed by atoms with Crippen molar-refractivity contribution >= 4 is 60.7 Å². The first kappa shape index (κ1) is 21.9. The van der Waals surface area contributed by atoms with E-state index in [-0.39, 0.29) is 37.7 Å². The molecule has 0 amide bonds. The second-order valence-electron chi connectivity index (χ2n) is 6.83. The van der Waals surface area contributed by atoms with Crippen LogP contribution >= 0.6 is 43.2 Å². The van der Waals surface area contributed by atoms with Gasteiger partial charge >= 0.3 is 0 Å². The molecule has 158 valence electrons. The average molecular weight is 572 g/mol. The fraction of sp³-hybridized carbons (Fsp3) is 0.0455. The summed E-state index contributed by atoms with van der Waals surface area (Å²) >= 11 is 7.69. The SMILES string of the molecule is N#CC1=C(N)n2c(sc(=Cc3cc(Br)ccc3O)c2=O)=C(C#N)C1c1cc(Br)ccc1O. The molecule has 0 bridgehead atoms. The number of nitrogens with zero attached hydrogens (tertiary/aromatic N) is 3. The summed E-state index contributed by atoms with van der Waals surface area (Å²) in [6, 6.07) is 13.6. The van der Waals surface area contributed by atoms with Gasteiger partial charge in [0.1, 0.15) is 22.0 Å². The zero-order chi connectivity index (χ0) is 23.2. The van der Waals surface area contributed by atoms with E-state index in [0.717, 1.165) is 15.9 Å². The number of nitrogens with two attached hydrogens (primary N) is 1. The number of fused-ring (bicyclic) bond motifs is 1. The lowest BCUT2D eigenvalue weighted by atomic mass is 9.84. The van der Waals surface area contributed by atoms with Crippen molar-refractivity contribution in [3.05, 3.63) is 81.6 Å². The highest BCUT2D eigenvalue weighted by Crippen LogP contribution is 2.40. The molecule has 2 heterocycles. The van der Waals surface area contributed by atoms with Crippen LogP contribution in [-0.4, -0.2) is 14.8 Å². The van der Waals surface area contributed by atoms with Crippen LogP contribution in [0.25, 0.3) is 17.5 Å². The molecule has 0 radical (unpaired) electrons. The average Bonchev–Trinajstić information content (AvgIpc) is 3.08. The molecular formula is C22H12Br2N4O3S. The van der Waals surface area contributed by atoms with Crippen LogP contribution in [0.1, 0.15) is 17.0 Å². The molecule has 1 aromatic heterocycles. The normalized spacial score (nSPS) is 15.9. The van der Waals surface area contributed by atoms with Crippen LogP contribution in [0.2, 0.25) is 0 Å². The highest BCUT2D eigenvalue weighted by atomic mass is 79.9. The molecule has 1 aliphatic rings. The van der Waals surface area contributed by atoms with Gasteiger partial charge in [-0.15, -0.1) is 11.3 Å². The molecule has 1 atom stereocenters. The Balaban J connectivity index is 2.10. The van der Waals surface area contributed by atoms with Gasteiger partial charge in [-0.05, 0) is 42.5 Å². The van der Waals surface area contributed by atoms with Crippen molar-refractivity contribution in [3.63, 3.8) is 0 Å². The van der Waals surface area contributed by atoms with Crippen LogP contribution in [0.3, 0.4) is 0 Å². The molecule has 10 heteroatoms. The number of allylic oxidation sites excluding steroid dienone is 1. The number of phenolic OH excluding ortho intramolecular Hbond substituents is 2. The van der Waals surface area contributed by atoms with Gasteiger partial charge in [-0.2, -0.15) is 10.5 Å². The summed E-state index contributed by atoms with van der Waals surface area (Å²) in [5.74, 6) is -1.17. The van der Waals surface area contributed by atoms with Crippen molar-refractivity contribution < 1.29 is 10.2 Å². The molecule has 4 rings (SSSR count). The Labute approximate surface area is 202 Å². The molecule has 0 fully saturated rings. The van der Waals surface area contributed by atoms with Gasteiger partial charge in [0.15, 0.2) is 0 Å². The first-order chi connectivity index (χ1) is 15.3. The van der Waals surface area contributed by atoms with Crippen molar-refractivity contribution in [2.45, 2.75) is 5.92 Å². The second-order valence-corrected chi connectivity index (χ2v) is 9.69. The lowest BCUT2D eigenvalue weighted by Gasteiger charge is -2.23. The summed E-state index contributed by atoms with van der Waals surface area (Å²) in [5.41, 5.74) is 6.54. The van der Waals surface area contributed by atoms with Gasteiger partial charge in [-0.1, -0.05) is 31.9 Å². The first-order valence-electron chi connectivity index (χ1n) is 9.01. The summed E-state index contributed by atoms with van der Waals surface area (Å²) in [6.45, 7) is 0. The summed E-state index contributed by atoms with van der Waals surface area (Å²) in [6.07, 6.45) is 1.50. The first-order valence-corrected chi connectivity index (χ1v) is 11.4. The van der Waals surface area contributed by atoms with E-state index in [4.69, 9.17) is 5.73 Å².